The molecule has 0 bridgehead atoms. The lowest BCUT2D eigenvalue weighted by Crippen LogP contribution is -2.35. The van der Waals surface area contributed by atoms with E-state index in [1.807, 2.05) is 0 Å². The van der Waals surface area contributed by atoms with Crippen LogP contribution < -0.4 is 0 Å². The summed E-state index contributed by atoms with van der Waals surface area (Å²) in [7, 11) is 3.17. The summed E-state index contributed by atoms with van der Waals surface area (Å²) in [6, 6.07) is 0. The molecule has 0 aliphatic rings. The molecule has 0 atom stereocenters. The third-order valence-electron chi connectivity index (χ3n) is 2.25. The first-order valence-electron chi connectivity index (χ1n) is 5.59. The molecular weight excluding hydrogens is 226 g/mol. The molecule has 0 aromatic carbocycles. The number of carbonyl (C=O) groups excluding carboxylic acids is 1. The van der Waals surface area contributed by atoms with Gasteiger partial charge < -0.3 is 19.5 Å². The molecule has 6 heteroatoms. The fourth-order valence-corrected chi connectivity index (χ4v) is 1.33. The van der Waals surface area contributed by atoms with Gasteiger partial charge in [0.1, 0.15) is 0 Å². The minimum absolute atomic E-state index is 0.0338. The monoisotopic (exact) mass is 247 g/mol. The lowest BCUT2D eigenvalue weighted by atomic mass is 10.2. The van der Waals surface area contributed by atoms with Gasteiger partial charge >= 0.3 is 5.97 Å². The molecule has 0 aliphatic heterocycles. The Morgan fingerprint density at radius 2 is 1.71 bits per heavy atom. The molecule has 100 valence electrons. The van der Waals surface area contributed by atoms with Gasteiger partial charge in [0, 0.05) is 40.3 Å². The van der Waals surface area contributed by atoms with E-state index in [1.165, 1.54) is 0 Å². The van der Waals surface area contributed by atoms with Crippen LogP contribution in [0.3, 0.4) is 0 Å². The molecule has 0 aliphatic carbocycles. The fraction of sp³-hybridized carbons (Fsp3) is 0.818. The number of carbonyl (C=O) groups is 2. The van der Waals surface area contributed by atoms with Gasteiger partial charge in [-0.1, -0.05) is 0 Å². The quantitative estimate of drug-likeness (QED) is 0.564. The highest BCUT2D eigenvalue weighted by Gasteiger charge is 2.14. The highest BCUT2D eigenvalue weighted by molar-refractivity contribution is 5.80. The molecule has 6 nitrogen and oxygen atoms in total. The number of nitrogens with zero attached hydrogens (tertiary/aromatic N) is 1. The Hall–Kier alpha value is -1.14. The highest BCUT2D eigenvalue weighted by Crippen LogP contribution is 2.00. The van der Waals surface area contributed by atoms with Crippen LogP contribution in [0.2, 0.25) is 0 Å². The largest absolute Gasteiger partial charge is 0.481 e. The van der Waals surface area contributed by atoms with Gasteiger partial charge in [-0.15, -0.1) is 0 Å². The molecule has 1 N–H and O–H groups in total. The van der Waals surface area contributed by atoms with E-state index in [-0.39, 0.29) is 18.7 Å². The molecule has 0 fully saturated rings. The van der Waals surface area contributed by atoms with Gasteiger partial charge in [0.15, 0.2) is 0 Å². The molecule has 0 rings (SSSR count). The molecule has 0 aromatic rings. The Balaban J connectivity index is 4.04. The van der Waals surface area contributed by atoms with Crippen molar-refractivity contribution < 1.29 is 24.2 Å². The van der Waals surface area contributed by atoms with Crippen LogP contribution in [-0.2, 0) is 19.1 Å². The van der Waals surface area contributed by atoms with E-state index in [0.717, 1.165) is 6.42 Å². The SMILES string of the molecule is COCCCN(CCOC)C(=O)CCC(=O)O. The van der Waals surface area contributed by atoms with E-state index < -0.39 is 5.97 Å². The zero-order valence-corrected chi connectivity index (χ0v) is 10.5. The number of carboxylic acids is 1. The van der Waals surface area contributed by atoms with Crippen molar-refractivity contribution in [3.63, 3.8) is 0 Å². The zero-order valence-electron chi connectivity index (χ0n) is 10.5. The molecular formula is C11H21NO5. The van der Waals surface area contributed by atoms with Crippen LogP contribution in [0.4, 0.5) is 0 Å². The Kier molecular flexibility index (Phi) is 9.37. The van der Waals surface area contributed by atoms with E-state index in [1.54, 1.807) is 19.1 Å². The molecule has 0 spiro atoms. The molecule has 1 amide bonds. The van der Waals surface area contributed by atoms with Crippen LogP contribution in [0.5, 0.6) is 0 Å². The number of hydrogen-bond donors (Lipinski definition) is 1. The van der Waals surface area contributed by atoms with Crippen LogP contribution in [0, 0.1) is 0 Å². The average Bonchev–Trinajstić information content (AvgIpc) is 2.30. The number of aliphatic carboxylic acids is 1. The summed E-state index contributed by atoms with van der Waals surface area (Å²) in [5.74, 6) is -1.11. The van der Waals surface area contributed by atoms with Crippen LogP contribution in [0.15, 0.2) is 0 Å². The summed E-state index contributed by atoms with van der Waals surface area (Å²) in [6.07, 6.45) is 0.637. The van der Waals surface area contributed by atoms with Crippen LogP contribution >= 0.6 is 0 Å². The van der Waals surface area contributed by atoms with Crippen LogP contribution in [0.1, 0.15) is 19.3 Å². The maximum absolute atomic E-state index is 11.7. The smallest absolute Gasteiger partial charge is 0.303 e. The normalized spacial score (nSPS) is 10.2. The maximum Gasteiger partial charge on any atom is 0.303 e. The third kappa shape index (κ3) is 8.65. The number of rotatable bonds is 10. The van der Waals surface area contributed by atoms with Gasteiger partial charge in [-0.2, -0.15) is 0 Å². The van der Waals surface area contributed by atoms with E-state index in [0.29, 0.717) is 26.3 Å². The Labute approximate surface area is 101 Å². The van der Waals surface area contributed by atoms with Gasteiger partial charge in [-0.25, -0.2) is 0 Å². The van der Waals surface area contributed by atoms with Crippen molar-refractivity contribution >= 4 is 11.9 Å². The molecule has 17 heavy (non-hydrogen) atoms. The summed E-state index contributed by atoms with van der Waals surface area (Å²) in [5, 5.41) is 8.52. The van der Waals surface area contributed by atoms with Gasteiger partial charge in [0.2, 0.25) is 5.91 Å². The van der Waals surface area contributed by atoms with E-state index in [2.05, 4.69) is 0 Å². The van der Waals surface area contributed by atoms with Crippen molar-refractivity contribution in [3.8, 4) is 0 Å². The Morgan fingerprint density at radius 3 is 2.24 bits per heavy atom. The Morgan fingerprint density at radius 1 is 1.06 bits per heavy atom. The second-order valence-electron chi connectivity index (χ2n) is 3.61. The van der Waals surface area contributed by atoms with E-state index in [9.17, 15) is 9.59 Å². The first-order chi connectivity index (χ1) is 8.11. The Bertz CT molecular complexity index is 232. The third-order valence-corrected chi connectivity index (χ3v) is 2.25. The average molecular weight is 247 g/mol. The van der Waals surface area contributed by atoms with Crippen LogP contribution in [-0.4, -0.2) is 62.4 Å². The van der Waals surface area contributed by atoms with E-state index in [4.69, 9.17) is 14.6 Å². The van der Waals surface area contributed by atoms with Crippen molar-refractivity contribution in [2.24, 2.45) is 0 Å². The lowest BCUT2D eigenvalue weighted by molar-refractivity contribution is -0.141. The predicted octanol–water partition coefficient (Wildman–Crippen LogP) is 0.363. The first-order valence-corrected chi connectivity index (χ1v) is 5.59. The summed E-state index contributed by atoms with van der Waals surface area (Å²) in [4.78, 5) is 23.7. The molecule has 0 saturated carbocycles. The van der Waals surface area contributed by atoms with Crippen molar-refractivity contribution in [1.82, 2.24) is 4.90 Å². The van der Waals surface area contributed by atoms with Gasteiger partial charge in [0.25, 0.3) is 0 Å². The molecule has 0 aromatic heterocycles. The number of amides is 1. The molecule has 0 saturated heterocycles. The van der Waals surface area contributed by atoms with Gasteiger partial charge in [-0.3, -0.25) is 9.59 Å². The minimum atomic E-state index is -0.957. The second kappa shape index (κ2) is 10.0. The number of methoxy groups -OCH3 is 2. The number of carboxylic acid groups (broad SMARTS) is 1. The van der Waals surface area contributed by atoms with E-state index >= 15 is 0 Å². The molecule has 0 unspecified atom stereocenters. The van der Waals surface area contributed by atoms with Crippen LogP contribution in [0.25, 0.3) is 0 Å². The second-order valence-corrected chi connectivity index (χ2v) is 3.61. The van der Waals surface area contributed by atoms with Gasteiger partial charge in [-0.05, 0) is 6.42 Å². The van der Waals surface area contributed by atoms with Crippen molar-refractivity contribution in [2.45, 2.75) is 19.3 Å². The minimum Gasteiger partial charge on any atom is -0.481 e. The van der Waals surface area contributed by atoms with Crippen molar-refractivity contribution in [2.75, 3.05) is 40.5 Å². The lowest BCUT2D eigenvalue weighted by Gasteiger charge is -2.22. The standard InChI is InChI=1S/C11H21NO5/c1-16-8-3-6-12(7-9-17-2)10(13)4-5-11(14)15/h3-9H2,1-2H3,(H,14,15). The molecule has 0 radical (unpaired) electrons. The maximum atomic E-state index is 11.7. The summed E-state index contributed by atoms with van der Waals surface area (Å²) < 4.78 is 9.82. The van der Waals surface area contributed by atoms with Crippen molar-refractivity contribution in [3.05, 3.63) is 0 Å². The molecule has 0 heterocycles. The summed E-state index contributed by atoms with van der Waals surface area (Å²) in [6.45, 7) is 2.08. The first kappa shape index (κ1) is 15.9. The summed E-state index contributed by atoms with van der Waals surface area (Å²) >= 11 is 0. The topological polar surface area (TPSA) is 76.1 Å². The predicted molar refractivity (Wildman–Crippen MR) is 61.8 cm³/mol. The summed E-state index contributed by atoms with van der Waals surface area (Å²) in [5.41, 5.74) is 0. The zero-order chi connectivity index (χ0) is 13.1. The fourth-order valence-electron chi connectivity index (χ4n) is 1.33. The van der Waals surface area contributed by atoms with Gasteiger partial charge in [0.05, 0.1) is 13.0 Å². The number of ether oxygens (including phenoxy) is 2. The van der Waals surface area contributed by atoms with Crippen molar-refractivity contribution in [1.29, 1.82) is 0 Å². The highest BCUT2D eigenvalue weighted by atomic mass is 16.5. The number of hydrogen-bond acceptors (Lipinski definition) is 4.